The van der Waals surface area contributed by atoms with Crippen molar-refractivity contribution in [3.63, 3.8) is 0 Å². The number of anilines is 1. The van der Waals surface area contributed by atoms with Crippen LogP contribution in [0.4, 0.5) is 5.82 Å². The summed E-state index contributed by atoms with van der Waals surface area (Å²) in [6.07, 6.45) is 1.38. The zero-order chi connectivity index (χ0) is 12.3. The van der Waals surface area contributed by atoms with Crippen molar-refractivity contribution in [2.45, 2.75) is 10.2 Å². The first-order chi connectivity index (χ1) is 8.26. The summed E-state index contributed by atoms with van der Waals surface area (Å²) in [6.45, 7) is 0. The van der Waals surface area contributed by atoms with Gasteiger partial charge in [-0.25, -0.2) is 20.5 Å². The van der Waals surface area contributed by atoms with E-state index >= 15 is 0 Å². The van der Waals surface area contributed by atoms with E-state index in [0.717, 1.165) is 0 Å². The molecule has 2 rings (SSSR count). The number of aryl methyl sites for hydroxylation is 1. The second-order valence-corrected chi connectivity index (χ2v) is 3.85. The second-order valence-electron chi connectivity index (χ2n) is 2.89. The van der Waals surface area contributed by atoms with Gasteiger partial charge in [-0.05, 0) is 22.2 Å². The number of aromatic nitrogens is 6. The fourth-order valence-electron chi connectivity index (χ4n) is 1.11. The van der Waals surface area contributed by atoms with Gasteiger partial charge in [0, 0.05) is 7.05 Å². The molecule has 0 spiro atoms. The number of nitrogens with one attached hydrogen (secondary N) is 1. The topological polar surface area (TPSA) is 117 Å². The molecule has 3 N–H and O–H groups in total. The molecule has 17 heavy (non-hydrogen) atoms. The number of tetrazole rings is 1. The van der Waals surface area contributed by atoms with E-state index in [2.05, 4.69) is 30.9 Å². The van der Waals surface area contributed by atoms with Crippen molar-refractivity contribution in [1.29, 1.82) is 0 Å². The zero-order valence-corrected chi connectivity index (χ0v) is 9.97. The van der Waals surface area contributed by atoms with Crippen LogP contribution in [0.5, 0.6) is 5.75 Å². The molecule has 0 fully saturated rings. The van der Waals surface area contributed by atoms with Crippen molar-refractivity contribution in [3.05, 3.63) is 6.33 Å². The third kappa shape index (κ3) is 2.26. The van der Waals surface area contributed by atoms with E-state index in [0.29, 0.717) is 21.7 Å². The fraction of sp³-hybridized carbons (Fsp3) is 0.286. The van der Waals surface area contributed by atoms with E-state index in [4.69, 9.17) is 10.6 Å². The Balaban J connectivity index is 2.36. The summed E-state index contributed by atoms with van der Waals surface area (Å²) in [5.41, 5.74) is 2.43. The van der Waals surface area contributed by atoms with Gasteiger partial charge < -0.3 is 10.2 Å². The molecule has 2 aromatic rings. The number of hydrazine groups is 1. The molecule has 0 aliphatic heterocycles. The number of rotatable bonds is 4. The first-order valence-corrected chi connectivity index (χ1v) is 5.33. The molecule has 0 saturated heterocycles. The minimum absolute atomic E-state index is 0.403. The molecule has 2 heterocycles. The van der Waals surface area contributed by atoms with Crippen LogP contribution in [0.1, 0.15) is 0 Å². The van der Waals surface area contributed by atoms with Crippen molar-refractivity contribution < 1.29 is 4.74 Å². The molecule has 0 radical (unpaired) electrons. The lowest BCUT2D eigenvalue weighted by Gasteiger charge is -2.09. The molecule has 9 nitrogen and oxygen atoms in total. The largest absolute Gasteiger partial charge is 0.490 e. The van der Waals surface area contributed by atoms with Gasteiger partial charge in [0.15, 0.2) is 16.6 Å². The van der Waals surface area contributed by atoms with Crippen LogP contribution in [0, 0.1) is 0 Å². The Morgan fingerprint density at radius 1 is 1.47 bits per heavy atom. The van der Waals surface area contributed by atoms with Gasteiger partial charge in [-0.1, -0.05) is 0 Å². The molecule has 2 aromatic heterocycles. The third-order valence-corrected chi connectivity index (χ3v) is 2.89. The molecule has 90 valence electrons. The fourth-order valence-corrected chi connectivity index (χ4v) is 1.90. The highest BCUT2D eigenvalue weighted by Crippen LogP contribution is 2.34. The SMILES string of the molecule is COc1c(NN)ncnc1Sc1nnnn1C. The van der Waals surface area contributed by atoms with Gasteiger partial charge in [0.05, 0.1) is 7.11 Å². The summed E-state index contributed by atoms with van der Waals surface area (Å²) in [5, 5.41) is 12.3. The van der Waals surface area contributed by atoms with Crippen LogP contribution in [0.2, 0.25) is 0 Å². The number of ether oxygens (including phenoxy) is 1. The zero-order valence-electron chi connectivity index (χ0n) is 9.15. The van der Waals surface area contributed by atoms with Gasteiger partial charge in [0.25, 0.3) is 0 Å². The molecule has 0 aliphatic carbocycles. The molecule has 0 atom stereocenters. The lowest BCUT2D eigenvalue weighted by molar-refractivity contribution is 0.400. The van der Waals surface area contributed by atoms with Gasteiger partial charge in [0.1, 0.15) is 6.33 Å². The molecule has 0 bridgehead atoms. The van der Waals surface area contributed by atoms with Crippen LogP contribution in [0.15, 0.2) is 16.5 Å². The van der Waals surface area contributed by atoms with E-state index in [-0.39, 0.29) is 0 Å². The number of methoxy groups -OCH3 is 1. The van der Waals surface area contributed by atoms with Crippen molar-refractivity contribution in [2.75, 3.05) is 12.5 Å². The van der Waals surface area contributed by atoms with Gasteiger partial charge >= 0.3 is 0 Å². The van der Waals surface area contributed by atoms with Crippen LogP contribution in [0.3, 0.4) is 0 Å². The highest BCUT2D eigenvalue weighted by atomic mass is 32.2. The Bertz CT molecular complexity index is 514. The standard InChI is InChI=1S/C7H10N8OS/c1-15-7(12-13-14-15)17-6-4(16-2)5(11-8)9-3-10-6/h3H,8H2,1-2H3,(H,9,10,11). The van der Waals surface area contributed by atoms with Crippen LogP contribution in [0.25, 0.3) is 0 Å². The quantitative estimate of drug-likeness (QED) is 0.420. The van der Waals surface area contributed by atoms with Gasteiger partial charge in [-0.3, -0.25) is 0 Å². The third-order valence-electron chi connectivity index (χ3n) is 1.88. The number of nitrogens with two attached hydrogens (primary N) is 1. The number of nitrogen functional groups attached to an aromatic ring is 1. The Hall–Kier alpha value is -1.94. The first-order valence-electron chi connectivity index (χ1n) is 4.52. The van der Waals surface area contributed by atoms with Crippen LogP contribution >= 0.6 is 11.8 Å². The maximum atomic E-state index is 5.32. The molecule has 0 saturated carbocycles. The Morgan fingerprint density at radius 2 is 2.29 bits per heavy atom. The molecule has 0 aromatic carbocycles. The first kappa shape index (κ1) is 11.5. The molecule has 0 aliphatic rings. The Labute approximate surface area is 101 Å². The number of nitrogens with zero attached hydrogens (tertiary/aromatic N) is 6. The van der Waals surface area contributed by atoms with E-state index in [1.54, 1.807) is 7.05 Å². The lowest BCUT2D eigenvalue weighted by Crippen LogP contribution is -2.11. The average Bonchev–Trinajstić information content (AvgIpc) is 2.74. The molecule has 0 amide bonds. The van der Waals surface area contributed by atoms with Crippen molar-refractivity contribution >= 4 is 17.6 Å². The molecule has 0 unspecified atom stereocenters. The second kappa shape index (κ2) is 4.93. The van der Waals surface area contributed by atoms with Crippen molar-refractivity contribution in [3.8, 4) is 5.75 Å². The predicted molar refractivity (Wildman–Crippen MR) is 59.3 cm³/mol. The predicted octanol–water partition coefficient (Wildman–Crippen LogP) is -0.555. The van der Waals surface area contributed by atoms with Crippen molar-refractivity contribution in [1.82, 2.24) is 30.2 Å². The summed E-state index contributed by atoms with van der Waals surface area (Å²) in [6, 6.07) is 0. The highest BCUT2D eigenvalue weighted by Gasteiger charge is 2.15. The van der Waals surface area contributed by atoms with E-state index in [1.165, 1.54) is 29.9 Å². The maximum Gasteiger partial charge on any atom is 0.215 e. The van der Waals surface area contributed by atoms with E-state index in [1.807, 2.05) is 0 Å². The summed E-state index contributed by atoms with van der Waals surface area (Å²) in [4.78, 5) is 8.03. The summed E-state index contributed by atoms with van der Waals surface area (Å²) in [5.74, 6) is 6.17. The normalized spacial score (nSPS) is 10.3. The monoisotopic (exact) mass is 254 g/mol. The molecular weight excluding hydrogens is 244 g/mol. The minimum atomic E-state index is 0.403. The van der Waals surface area contributed by atoms with E-state index in [9.17, 15) is 0 Å². The van der Waals surface area contributed by atoms with Gasteiger partial charge in [-0.15, -0.1) is 5.10 Å². The summed E-state index contributed by atoms with van der Waals surface area (Å²) >= 11 is 1.26. The van der Waals surface area contributed by atoms with Gasteiger partial charge in [-0.2, -0.15) is 0 Å². The Morgan fingerprint density at radius 3 is 2.88 bits per heavy atom. The van der Waals surface area contributed by atoms with Crippen LogP contribution in [-0.4, -0.2) is 37.3 Å². The number of hydrogen-bond acceptors (Lipinski definition) is 9. The maximum absolute atomic E-state index is 5.32. The number of hydrogen-bond donors (Lipinski definition) is 2. The highest BCUT2D eigenvalue weighted by molar-refractivity contribution is 7.99. The van der Waals surface area contributed by atoms with Crippen LogP contribution < -0.4 is 16.0 Å². The lowest BCUT2D eigenvalue weighted by atomic mass is 10.5. The van der Waals surface area contributed by atoms with Gasteiger partial charge in [0.2, 0.25) is 5.16 Å². The van der Waals surface area contributed by atoms with E-state index < -0.39 is 0 Å². The average molecular weight is 254 g/mol. The summed E-state index contributed by atoms with van der Waals surface area (Å²) < 4.78 is 6.72. The van der Waals surface area contributed by atoms with Crippen LogP contribution in [-0.2, 0) is 7.05 Å². The minimum Gasteiger partial charge on any atom is -0.490 e. The summed E-state index contributed by atoms with van der Waals surface area (Å²) in [7, 11) is 3.25. The molecule has 10 heteroatoms. The molecular formula is C7H10N8OS. The Kier molecular flexibility index (Phi) is 3.35. The van der Waals surface area contributed by atoms with Crippen molar-refractivity contribution in [2.24, 2.45) is 12.9 Å². The smallest absolute Gasteiger partial charge is 0.215 e.